The molecule has 4 saturated heterocycles. The van der Waals surface area contributed by atoms with E-state index in [4.69, 9.17) is 79.2 Å². The molecule has 4 aromatic rings. The Morgan fingerprint density at radius 3 is 0.625 bits per heavy atom. The maximum atomic E-state index is 4.94. The van der Waals surface area contributed by atoms with Gasteiger partial charge in [-0.3, -0.25) is 9.34 Å². The first kappa shape index (κ1) is 62.3. The van der Waals surface area contributed by atoms with Gasteiger partial charge in [-0.2, -0.15) is 0 Å². The van der Waals surface area contributed by atoms with Crippen molar-refractivity contribution in [2.45, 2.75) is 91.1 Å². The average Bonchev–Trinajstić information content (AvgIpc) is 4.16. The molecule has 0 atom stereocenters. The Kier molecular flexibility index (Phi) is 41.1. The molecule has 4 aromatic carbocycles. The van der Waals surface area contributed by atoms with Crippen LogP contribution in [0.2, 0.25) is 0 Å². The van der Waals surface area contributed by atoms with Gasteiger partial charge in [-0.1, -0.05) is 121 Å². The monoisotopic (exact) mass is 1120 g/mol. The predicted molar refractivity (Wildman–Crippen MR) is 279 cm³/mol. The molecule has 0 spiro atoms. The zero-order chi connectivity index (χ0) is 47.2. The predicted octanol–water partition coefficient (Wildman–Crippen LogP) is 14.1. The fraction of sp³-hybridized carbons (Fsp3) is 0.500. The summed E-state index contributed by atoms with van der Waals surface area (Å²) in [5.74, 6) is 0. The van der Waals surface area contributed by atoms with Crippen LogP contribution >= 0.6 is 76.4 Å². The van der Waals surface area contributed by atoms with E-state index in [-0.39, 0.29) is 0 Å². The van der Waals surface area contributed by atoms with Crippen LogP contribution in [-0.2, 0) is 41.7 Å². The Labute approximate surface area is 424 Å². The molecule has 0 aromatic heterocycles. The van der Waals surface area contributed by atoms with E-state index in [0.29, 0.717) is 12.1 Å². The summed E-state index contributed by atoms with van der Waals surface area (Å²) in [5, 5.41) is 5.65. The van der Waals surface area contributed by atoms with Crippen LogP contribution < -0.4 is 21.2 Å². The molecule has 0 amide bonds. The van der Waals surface area contributed by atoms with Gasteiger partial charge in [0, 0.05) is 81.1 Å². The molecular formula is C48H72Cl6Cr2N2O4P2. The van der Waals surface area contributed by atoms with Crippen LogP contribution in [0.15, 0.2) is 121 Å². The SMILES string of the molecule is C1CCOC1.C1CCOC1.C1CCOC1.C1CCOC1.CC(C)N(C)P(c1ccccc1)c1ccccc1.CC(C)N(C)P(c1ccccc1)c1ccccc1.[Cl][Cr]([Cl])[Cl].[Cl][Cr]([Cl])[Cl]. The third-order valence-corrected chi connectivity index (χ3v) is 14.8. The van der Waals surface area contributed by atoms with E-state index in [1.54, 1.807) is 0 Å². The molecule has 0 N–H and O–H groups in total. The number of nitrogens with zero attached hydrogens (tertiary/aromatic N) is 2. The summed E-state index contributed by atoms with van der Waals surface area (Å²) in [7, 11) is 33.2. The first-order valence-corrected chi connectivity index (χ1v) is 35.0. The second kappa shape index (κ2) is 42.2. The normalized spacial score (nSPS) is 15.1. The molecule has 4 fully saturated rings. The molecule has 8 rings (SSSR count). The van der Waals surface area contributed by atoms with E-state index >= 15 is 0 Å². The zero-order valence-corrected chi connectivity index (χ0v) is 47.4. The molecule has 4 aliphatic heterocycles. The van der Waals surface area contributed by atoms with Crippen molar-refractivity contribution in [3.05, 3.63) is 121 Å². The summed E-state index contributed by atoms with van der Waals surface area (Å²) < 4.78 is 24.7. The fourth-order valence-corrected chi connectivity index (χ4v) is 10.6. The van der Waals surface area contributed by atoms with Crippen LogP contribution in [0, 0.1) is 0 Å². The van der Waals surface area contributed by atoms with Gasteiger partial charge < -0.3 is 18.9 Å². The Balaban J connectivity index is 0.000000405. The van der Waals surface area contributed by atoms with Crippen molar-refractivity contribution < 1.29 is 41.7 Å². The van der Waals surface area contributed by atoms with Gasteiger partial charge in [0.25, 0.3) is 0 Å². The Hall–Kier alpha value is 0.305. The summed E-state index contributed by atoms with van der Waals surface area (Å²) >= 11 is -3.25. The molecule has 4 heterocycles. The van der Waals surface area contributed by atoms with E-state index in [1.807, 2.05) is 0 Å². The molecule has 362 valence electrons. The molecule has 0 saturated carbocycles. The van der Waals surface area contributed by atoms with Gasteiger partial charge in [-0.25, -0.2) is 0 Å². The number of rotatable bonds is 8. The van der Waals surface area contributed by atoms with Gasteiger partial charge in [-0.05, 0) is 114 Å². The molecular weight excluding hydrogens is 1050 g/mol. The van der Waals surface area contributed by atoms with E-state index in [0.717, 1.165) is 52.9 Å². The number of hydrogen-bond acceptors (Lipinski definition) is 6. The standard InChI is InChI=1S/2C16H20NP.4C4H8O.6ClH.2Cr/c2*1-14(2)17(3)18(15-10-6-4-7-11-15)16-12-8-5-9-13-16;4*1-2-4-5-3-1;;;;;;;;/h2*4-14H,1-3H3;4*1-4H2;6*1H;;/q;;;;;;;;;;;;2*+3/p-6. The Bertz CT molecular complexity index is 1330. The number of halogens is 6. The second-order valence-corrected chi connectivity index (χ2v) is 32.1. The van der Waals surface area contributed by atoms with Gasteiger partial charge in [0.1, 0.15) is 0 Å². The molecule has 64 heavy (non-hydrogen) atoms. The molecule has 16 heteroatoms. The van der Waals surface area contributed by atoms with Crippen LogP contribution in [0.4, 0.5) is 0 Å². The summed E-state index contributed by atoms with van der Waals surface area (Å²) in [6.45, 7) is 17.0. The van der Waals surface area contributed by atoms with Crippen molar-refractivity contribution in [1.29, 1.82) is 0 Å². The van der Waals surface area contributed by atoms with Crippen molar-refractivity contribution in [1.82, 2.24) is 9.34 Å². The Morgan fingerprint density at radius 1 is 0.359 bits per heavy atom. The third-order valence-electron chi connectivity index (χ3n) is 9.44. The summed E-state index contributed by atoms with van der Waals surface area (Å²) in [6.07, 6.45) is 10.2. The van der Waals surface area contributed by atoms with Crippen LogP contribution in [0.1, 0.15) is 79.1 Å². The van der Waals surface area contributed by atoms with E-state index < -0.39 is 38.9 Å². The summed E-state index contributed by atoms with van der Waals surface area (Å²) in [5.41, 5.74) is 0. The van der Waals surface area contributed by atoms with Crippen molar-refractivity contribution in [3.63, 3.8) is 0 Å². The maximum absolute atomic E-state index is 4.94. The van der Waals surface area contributed by atoms with Gasteiger partial charge >= 0.3 is 83.1 Å². The molecule has 0 bridgehead atoms. The van der Waals surface area contributed by atoms with E-state index in [9.17, 15) is 0 Å². The second-order valence-electron chi connectivity index (χ2n) is 14.9. The topological polar surface area (TPSA) is 43.4 Å². The van der Waals surface area contributed by atoms with Crippen molar-refractivity contribution >= 4 is 97.7 Å². The average molecular weight is 1120 g/mol. The molecule has 0 unspecified atom stereocenters. The molecule has 4 aliphatic rings. The molecule has 0 aliphatic carbocycles. The van der Waals surface area contributed by atoms with Gasteiger partial charge in [0.05, 0.1) is 0 Å². The van der Waals surface area contributed by atoms with Crippen molar-refractivity contribution in [2.24, 2.45) is 0 Å². The minimum atomic E-state index is -1.62. The van der Waals surface area contributed by atoms with Crippen LogP contribution in [0.5, 0.6) is 0 Å². The first-order valence-electron chi connectivity index (χ1n) is 21.9. The van der Waals surface area contributed by atoms with E-state index in [1.165, 1.54) is 72.6 Å². The van der Waals surface area contributed by atoms with Crippen LogP contribution in [0.3, 0.4) is 0 Å². The van der Waals surface area contributed by atoms with Gasteiger partial charge in [-0.15, -0.1) is 0 Å². The van der Waals surface area contributed by atoms with E-state index in [2.05, 4.69) is 172 Å². The first-order chi connectivity index (χ1) is 30.9. The quantitative estimate of drug-likeness (QED) is 0.164. The van der Waals surface area contributed by atoms with Crippen molar-refractivity contribution in [3.8, 4) is 0 Å². The zero-order valence-electron chi connectivity index (χ0n) is 38.5. The van der Waals surface area contributed by atoms with Gasteiger partial charge in [0.15, 0.2) is 0 Å². The molecule has 0 radical (unpaired) electrons. The van der Waals surface area contributed by atoms with Crippen LogP contribution in [-0.4, -0.2) is 88.4 Å². The van der Waals surface area contributed by atoms with Gasteiger partial charge in [0.2, 0.25) is 0 Å². The number of hydrogen-bond donors (Lipinski definition) is 0. The third kappa shape index (κ3) is 32.9. The fourth-order valence-electron chi connectivity index (χ4n) is 5.81. The Morgan fingerprint density at radius 2 is 0.516 bits per heavy atom. The summed E-state index contributed by atoms with van der Waals surface area (Å²) in [6, 6.07) is 44.3. The summed E-state index contributed by atoms with van der Waals surface area (Å²) in [4.78, 5) is 0. The van der Waals surface area contributed by atoms with Crippen molar-refractivity contribution in [2.75, 3.05) is 67.0 Å². The number of ether oxygens (including phenoxy) is 4. The van der Waals surface area contributed by atoms with Crippen LogP contribution in [0.25, 0.3) is 0 Å². The molecule has 6 nitrogen and oxygen atoms in total. The number of benzene rings is 4. The minimum absolute atomic E-state index is 0.418.